The molecule has 220 valence electrons. The van der Waals surface area contributed by atoms with Crippen molar-refractivity contribution in [3.63, 3.8) is 0 Å². The summed E-state index contributed by atoms with van der Waals surface area (Å²) in [4.78, 5) is 45.4. The summed E-state index contributed by atoms with van der Waals surface area (Å²) >= 11 is 0. The normalized spacial score (nSPS) is 18.3. The lowest BCUT2D eigenvalue weighted by Crippen LogP contribution is -2.65. The number of pyridine rings is 1. The number of amides is 1. The highest BCUT2D eigenvalue weighted by molar-refractivity contribution is 5.69. The summed E-state index contributed by atoms with van der Waals surface area (Å²) in [5.74, 6) is 3.33. The number of nitrogens with zero attached hydrogens (tertiary/aromatic N) is 6. The summed E-state index contributed by atoms with van der Waals surface area (Å²) in [5, 5.41) is 3.86. The van der Waals surface area contributed by atoms with Gasteiger partial charge in [0.15, 0.2) is 11.6 Å². The van der Waals surface area contributed by atoms with Gasteiger partial charge in [-0.1, -0.05) is 6.07 Å². The molecule has 2 aliphatic rings. The van der Waals surface area contributed by atoms with Gasteiger partial charge in [-0.2, -0.15) is 18.3 Å². The number of aromatic nitrogens is 3. The lowest BCUT2D eigenvalue weighted by molar-refractivity contribution is -0.159. The fourth-order valence-corrected chi connectivity index (χ4v) is 5.26. The Kier molecular flexibility index (Phi) is 8.02. The molecule has 0 N–H and O–H groups in total. The zero-order valence-corrected chi connectivity index (χ0v) is 23.0. The van der Waals surface area contributed by atoms with Crippen LogP contribution in [0.5, 0.6) is 0 Å². The van der Waals surface area contributed by atoms with E-state index in [1.165, 1.54) is 20.7 Å². The summed E-state index contributed by atoms with van der Waals surface area (Å²) in [5.41, 5.74) is -2.10. The molecule has 0 bridgehead atoms. The van der Waals surface area contributed by atoms with E-state index >= 15 is 0 Å². The average Bonchev–Trinajstić information content (AvgIpc) is 3.34. The molecule has 14 heteroatoms. The molecule has 0 aliphatic carbocycles. The Morgan fingerprint density at radius 2 is 1.80 bits per heavy atom. The van der Waals surface area contributed by atoms with Crippen LogP contribution in [0.15, 0.2) is 42.1 Å². The molecule has 10 nitrogen and oxygen atoms in total. The Bertz CT molecular complexity index is 1380. The second kappa shape index (κ2) is 11.0. The molecule has 0 unspecified atom stereocenters. The van der Waals surface area contributed by atoms with Crippen LogP contribution in [-0.2, 0) is 14.3 Å². The smallest absolute Gasteiger partial charge is 0.410 e. The number of rotatable bonds is 4. The van der Waals surface area contributed by atoms with E-state index in [9.17, 15) is 31.9 Å². The number of halogens is 4. The monoisotopic (exact) mass is 578 g/mol. The molecule has 1 atom stereocenters. The van der Waals surface area contributed by atoms with Gasteiger partial charge in [0.1, 0.15) is 35.4 Å². The third kappa shape index (κ3) is 6.28. The molecule has 1 amide bonds. The minimum atomic E-state index is -4.69. The third-order valence-electron chi connectivity index (χ3n) is 7.19. The van der Waals surface area contributed by atoms with Crippen molar-refractivity contribution in [2.24, 2.45) is 0 Å². The number of alkyl halides is 3. The van der Waals surface area contributed by atoms with Crippen LogP contribution in [0.1, 0.15) is 52.1 Å². The molecule has 4 heterocycles. The number of likely N-dealkylation sites (tertiary alicyclic amines) is 1. The topological polar surface area (TPSA) is 101 Å². The predicted molar refractivity (Wildman–Crippen MR) is 137 cm³/mol. The average molecular weight is 579 g/mol. The molecule has 2 aromatic heterocycles. The molecule has 2 aliphatic heterocycles. The molecule has 4 rings (SSSR count). The fraction of sp³-hybridized carbons (Fsp3) is 0.519. The van der Waals surface area contributed by atoms with Gasteiger partial charge in [-0.3, -0.25) is 0 Å². The predicted octanol–water partition coefficient (Wildman–Crippen LogP) is 3.85. The molecule has 2 saturated heterocycles. The second-order valence-electron chi connectivity index (χ2n) is 11.1. The van der Waals surface area contributed by atoms with E-state index in [4.69, 9.17) is 4.74 Å². The van der Waals surface area contributed by atoms with Gasteiger partial charge < -0.3 is 19.4 Å². The van der Waals surface area contributed by atoms with E-state index < -0.39 is 41.8 Å². The summed E-state index contributed by atoms with van der Waals surface area (Å²) in [6.45, 7) is 4.98. The lowest BCUT2D eigenvalue weighted by atomic mass is 9.79. The van der Waals surface area contributed by atoms with Crippen molar-refractivity contribution in [3.8, 4) is 5.82 Å². The van der Waals surface area contributed by atoms with Crippen LogP contribution in [0, 0.1) is 5.82 Å². The van der Waals surface area contributed by atoms with Crippen LogP contribution in [0.3, 0.4) is 0 Å². The van der Waals surface area contributed by atoms with Crippen LogP contribution < -0.4 is 0 Å². The molecule has 1 spiro atoms. The van der Waals surface area contributed by atoms with Crippen molar-refractivity contribution in [2.45, 2.75) is 63.9 Å². The SMILES string of the molecule is C[C@@H](c1ccc(-n2cc(F)cn2)nc1)N1CC(=C=O)N(CC(F)(F)F)C2(CCN(C(=O)OC(C)(C)C)CC2)C1=C=O. The highest BCUT2D eigenvalue weighted by Gasteiger charge is 2.54. The minimum Gasteiger partial charge on any atom is -0.444 e. The Hall–Kier alpha value is -4.15. The quantitative estimate of drug-likeness (QED) is 0.399. The van der Waals surface area contributed by atoms with Gasteiger partial charge in [0, 0.05) is 19.3 Å². The Balaban J connectivity index is 1.68. The number of carbonyl (C=O) groups excluding carboxylic acids is 3. The van der Waals surface area contributed by atoms with Crippen molar-refractivity contribution >= 4 is 18.0 Å². The maximum atomic E-state index is 13.8. The number of piperidine rings is 1. The van der Waals surface area contributed by atoms with Crippen LogP contribution >= 0.6 is 0 Å². The van der Waals surface area contributed by atoms with E-state index in [1.807, 2.05) is 5.94 Å². The maximum Gasteiger partial charge on any atom is 0.410 e. The van der Waals surface area contributed by atoms with Gasteiger partial charge >= 0.3 is 12.3 Å². The van der Waals surface area contributed by atoms with E-state index in [0.29, 0.717) is 11.4 Å². The molecule has 0 saturated carbocycles. The summed E-state index contributed by atoms with van der Waals surface area (Å²) in [6.07, 6.45) is -1.82. The van der Waals surface area contributed by atoms with Gasteiger partial charge in [-0.05, 0) is 52.2 Å². The number of hydrogen-bond acceptors (Lipinski definition) is 8. The summed E-state index contributed by atoms with van der Waals surface area (Å²) in [6, 6.07) is 2.62. The first-order chi connectivity index (χ1) is 19.2. The Morgan fingerprint density at radius 1 is 1.12 bits per heavy atom. The third-order valence-corrected chi connectivity index (χ3v) is 7.19. The first-order valence-corrected chi connectivity index (χ1v) is 12.9. The Morgan fingerprint density at radius 3 is 2.29 bits per heavy atom. The van der Waals surface area contributed by atoms with Crippen molar-refractivity contribution in [3.05, 3.63) is 53.5 Å². The summed E-state index contributed by atoms with van der Waals surface area (Å²) < 4.78 is 61.4. The van der Waals surface area contributed by atoms with Gasteiger partial charge in [0.25, 0.3) is 0 Å². The van der Waals surface area contributed by atoms with Crippen molar-refractivity contribution in [1.82, 2.24) is 29.5 Å². The standard InChI is InChI=1S/C27H30F4N6O4/c1-18(19-5-6-23(32-11-19)37-13-20(28)12-33-37)35-14-21(15-38)36(17-27(29,30)31)26(22(35)16-39)7-9-34(10-8-26)24(40)41-25(2,3)4/h5-6,11-13,18H,7-10,14,17H2,1-4H3/t18-/m0/s1. The molecular weight excluding hydrogens is 548 g/mol. The summed E-state index contributed by atoms with van der Waals surface area (Å²) in [7, 11) is 0. The molecule has 2 fully saturated rings. The Labute approximate surface area is 233 Å². The molecule has 2 aromatic rings. The van der Waals surface area contributed by atoms with Gasteiger partial charge in [0.05, 0.1) is 30.5 Å². The van der Waals surface area contributed by atoms with Crippen molar-refractivity contribution in [2.75, 3.05) is 26.2 Å². The van der Waals surface area contributed by atoms with Crippen molar-refractivity contribution < 1.29 is 36.7 Å². The van der Waals surface area contributed by atoms with Crippen LogP contribution in [-0.4, -0.2) is 90.9 Å². The van der Waals surface area contributed by atoms with E-state index in [1.54, 1.807) is 45.8 Å². The highest BCUT2D eigenvalue weighted by atomic mass is 19.4. The lowest BCUT2D eigenvalue weighted by Gasteiger charge is -2.56. The number of ether oxygens (including phenoxy) is 1. The molecular formula is C27H30F4N6O4. The van der Waals surface area contributed by atoms with E-state index in [0.717, 1.165) is 17.3 Å². The second-order valence-corrected chi connectivity index (χ2v) is 11.1. The van der Waals surface area contributed by atoms with Crippen LogP contribution in [0.2, 0.25) is 0 Å². The fourth-order valence-electron chi connectivity index (χ4n) is 5.26. The number of carbonyl (C=O) groups is 1. The first kappa shape index (κ1) is 29.8. The van der Waals surface area contributed by atoms with Gasteiger partial charge in [-0.25, -0.2) is 28.4 Å². The number of piperazine rings is 1. The maximum absolute atomic E-state index is 13.8. The number of hydrogen-bond donors (Lipinski definition) is 0. The first-order valence-electron chi connectivity index (χ1n) is 12.9. The zero-order valence-electron chi connectivity index (χ0n) is 23.0. The van der Waals surface area contributed by atoms with E-state index in [-0.39, 0.29) is 43.9 Å². The van der Waals surface area contributed by atoms with Gasteiger partial charge in [-0.15, -0.1) is 0 Å². The van der Waals surface area contributed by atoms with E-state index in [2.05, 4.69) is 10.1 Å². The highest BCUT2D eigenvalue weighted by Crippen LogP contribution is 2.46. The van der Waals surface area contributed by atoms with Crippen LogP contribution in [0.25, 0.3) is 5.82 Å². The molecule has 0 aromatic carbocycles. The van der Waals surface area contributed by atoms with Crippen LogP contribution in [0.4, 0.5) is 22.4 Å². The zero-order chi connectivity index (χ0) is 30.2. The molecule has 41 heavy (non-hydrogen) atoms. The van der Waals surface area contributed by atoms with Crippen molar-refractivity contribution in [1.29, 1.82) is 0 Å². The van der Waals surface area contributed by atoms with Gasteiger partial charge in [0.2, 0.25) is 0 Å². The molecule has 0 radical (unpaired) electrons. The minimum absolute atomic E-state index is 0.0144. The largest absolute Gasteiger partial charge is 0.444 e.